The Kier molecular flexibility index (Phi) is 8.44. The molecule has 186 valence electrons. The molecule has 0 fully saturated rings. The quantitative estimate of drug-likeness (QED) is 0.128. The molecule has 0 spiro atoms. The van der Waals surface area contributed by atoms with Crippen LogP contribution in [0.4, 0.5) is 5.69 Å². The van der Waals surface area contributed by atoms with Gasteiger partial charge >= 0.3 is 0 Å². The minimum Gasteiger partial charge on any atom is -0.272 e. The van der Waals surface area contributed by atoms with Crippen LogP contribution in [-0.4, -0.2) is 37.6 Å². The molecule has 0 saturated heterocycles. The molecule has 4 rings (SSSR count). The smallest absolute Gasteiger partial charge is 0.272 e. The number of para-hydroxylation sites is 1. The number of nitro benzene ring substituents is 1. The number of allylic oxidation sites excluding steroid dienone is 1. The van der Waals surface area contributed by atoms with E-state index in [1.807, 2.05) is 47.9 Å². The topological polar surface area (TPSA) is 115 Å². The first kappa shape index (κ1) is 25.8. The minimum absolute atomic E-state index is 0.0109. The molecule has 37 heavy (non-hydrogen) atoms. The van der Waals surface area contributed by atoms with Gasteiger partial charge in [-0.3, -0.25) is 19.5 Å². The summed E-state index contributed by atoms with van der Waals surface area (Å²) >= 11 is 7.26. The summed E-state index contributed by atoms with van der Waals surface area (Å²) in [7, 11) is 0. The number of aromatic nitrogens is 3. The first-order valence-electron chi connectivity index (χ1n) is 11.1. The zero-order valence-electron chi connectivity index (χ0n) is 19.6. The number of halogens is 1. The van der Waals surface area contributed by atoms with E-state index in [2.05, 4.69) is 20.7 Å². The van der Waals surface area contributed by atoms with Crippen LogP contribution < -0.4 is 5.43 Å². The van der Waals surface area contributed by atoms with E-state index in [1.54, 1.807) is 36.4 Å². The van der Waals surface area contributed by atoms with E-state index in [0.717, 1.165) is 16.8 Å². The fourth-order valence-electron chi connectivity index (χ4n) is 3.33. The Bertz CT molecular complexity index is 1470. The maximum atomic E-state index is 12.4. The number of rotatable bonds is 9. The molecule has 0 radical (unpaired) electrons. The number of hydrogen-bond acceptors (Lipinski definition) is 7. The van der Waals surface area contributed by atoms with Crippen LogP contribution in [0.3, 0.4) is 0 Å². The number of carbonyl (C=O) groups is 1. The summed E-state index contributed by atoms with van der Waals surface area (Å²) in [5, 5.41) is 24.8. The van der Waals surface area contributed by atoms with Gasteiger partial charge in [0.25, 0.3) is 11.6 Å². The molecule has 0 unspecified atom stereocenters. The average molecular weight is 533 g/mol. The Balaban J connectivity index is 1.44. The lowest BCUT2D eigenvalue weighted by Gasteiger charge is -2.10. The predicted octanol–water partition coefficient (Wildman–Crippen LogP) is 5.71. The Morgan fingerprint density at radius 1 is 1.11 bits per heavy atom. The minimum atomic E-state index is -0.455. The molecule has 1 N–H and O–H groups in total. The Hall–Kier alpha value is -4.28. The monoisotopic (exact) mass is 532 g/mol. The molecule has 1 aromatic heterocycles. The maximum absolute atomic E-state index is 12.4. The number of nitrogens with zero attached hydrogens (tertiary/aromatic N) is 5. The Morgan fingerprint density at radius 3 is 2.57 bits per heavy atom. The molecule has 3 aromatic carbocycles. The van der Waals surface area contributed by atoms with Gasteiger partial charge in [-0.25, -0.2) is 5.43 Å². The second kappa shape index (κ2) is 12.1. The number of hydrazone groups is 1. The zero-order chi connectivity index (χ0) is 26.2. The van der Waals surface area contributed by atoms with Crippen LogP contribution >= 0.6 is 23.4 Å². The van der Waals surface area contributed by atoms with Crippen molar-refractivity contribution in [1.29, 1.82) is 0 Å². The molecule has 0 aliphatic rings. The number of nitrogens with one attached hydrogen (secondary N) is 1. The first-order valence-corrected chi connectivity index (χ1v) is 12.4. The van der Waals surface area contributed by atoms with Crippen LogP contribution in [0.25, 0.3) is 23.2 Å². The lowest BCUT2D eigenvalue weighted by atomic mass is 10.2. The Labute approximate surface area is 222 Å². The number of nitro groups is 1. The van der Waals surface area contributed by atoms with Crippen molar-refractivity contribution in [2.45, 2.75) is 12.1 Å². The maximum Gasteiger partial charge on any atom is 0.276 e. The van der Waals surface area contributed by atoms with Crippen molar-refractivity contribution in [3.63, 3.8) is 0 Å². The highest BCUT2D eigenvalue weighted by molar-refractivity contribution is 7.99. The van der Waals surface area contributed by atoms with E-state index in [9.17, 15) is 14.9 Å². The van der Waals surface area contributed by atoms with Crippen molar-refractivity contribution < 1.29 is 9.72 Å². The van der Waals surface area contributed by atoms with Gasteiger partial charge < -0.3 is 0 Å². The SMILES string of the molecule is Cc1ccc(-n2c(SCC(=O)N/N=C\C=C\c3ccccc3[N+](=O)[O-])nnc2-c2ccc(Cl)cc2)cc1. The van der Waals surface area contributed by atoms with Crippen molar-refractivity contribution in [3.05, 3.63) is 105 Å². The van der Waals surface area contributed by atoms with Gasteiger partial charge in [0.2, 0.25) is 0 Å². The average Bonchev–Trinajstić information content (AvgIpc) is 3.32. The van der Waals surface area contributed by atoms with Crippen molar-refractivity contribution in [2.75, 3.05) is 5.75 Å². The van der Waals surface area contributed by atoms with Crippen molar-refractivity contribution in [2.24, 2.45) is 5.10 Å². The fourth-order valence-corrected chi connectivity index (χ4v) is 4.20. The van der Waals surface area contributed by atoms with E-state index in [1.165, 1.54) is 30.1 Å². The van der Waals surface area contributed by atoms with E-state index in [0.29, 0.717) is 21.6 Å². The summed E-state index contributed by atoms with van der Waals surface area (Å²) in [5.74, 6) is 0.337. The third kappa shape index (κ3) is 6.69. The van der Waals surface area contributed by atoms with Crippen LogP contribution in [0.15, 0.2) is 89.1 Å². The largest absolute Gasteiger partial charge is 0.276 e. The number of thioether (sulfide) groups is 1. The van der Waals surface area contributed by atoms with Gasteiger partial charge in [0.05, 0.1) is 16.2 Å². The van der Waals surface area contributed by atoms with Gasteiger partial charge in [-0.15, -0.1) is 10.2 Å². The highest BCUT2D eigenvalue weighted by Crippen LogP contribution is 2.29. The molecule has 9 nitrogen and oxygen atoms in total. The van der Waals surface area contributed by atoms with Gasteiger partial charge in [-0.1, -0.05) is 53.2 Å². The summed E-state index contributed by atoms with van der Waals surface area (Å²) in [6.07, 6.45) is 4.42. The van der Waals surface area contributed by atoms with E-state index in [4.69, 9.17) is 11.6 Å². The number of amides is 1. The number of benzene rings is 3. The number of hydrogen-bond donors (Lipinski definition) is 1. The van der Waals surface area contributed by atoms with Gasteiger partial charge in [-0.2, -0.15) is 5.10 Å². The second-order valence-corrected chi connectivity index (χ2v) is 9.14. The predicted molar refractivity (Wildman–Crippen MR) is 146 cm³/mol. The summed E-state index contributed by atoms with van der Waals surface area (Å²) < 4.78 is 1.89. The summed E-state index contributed by atoms with van der Waals surface area (Å²) in [5.41, 5.74) is 5.68. The highest BCUT2D eigenvalue weighted by Gasteiger charge is 2.17. The molecule has 11 heteroatoms. The second-order valence-electron chi connectivity index (χ2n) is 7.76. The molecule has 0 aliphatic carbocycles. The number of aryl methyl sites for hydroxylation is 1. The van der Waals surface area contributed by atoms with Gasteiger partial charge in [0.15, 0.2) is 11.0 Å². The van der Waals surface area contributed by atoms with E-state index < -0.39 is 4.92 Å². The van der Waals surface area contributed by atoms with Crippen LogP contribution in [0.5, 0.6) is 0 Å². The normalized spacial score (nSPS) is 11.3. The number of carbonyl (C=O) groups excluding carboxylic acids is 1. The molecular weight excluding hydrogens is 512 g/mol. The van der Waals surface area contributed by atoms with Crippen molar-refractivity contribution >= 4 is 47.2 Å². The fraction of sp³-hybridized carbons (Fsp3) is 0.0769. The van der Waals surface area contributed by atoms with Gasteiger partial charge in [-0.05, 0) is 61.5 Å². The van der Waals surface area contributed by atoms with Crippen LogP contribution in [0.1, 0.15) is 11.1 Å². The van der Waals surface area contributed by atoms with Gasteiger partial charge in [0.1, 0.15) is 0 Å². The van der Waals surface area contributed by atoms with Crippen LogP contribution in [0.2, 0.25) is 5.02 Å². The Morgan fingerprint density at radius 2 is 1.84 bits per heavy atom. The molecule has 0 aliphatic heterocycles. The summed E-state index contributed by atoms with van der Waals surface area (Å²) in [4.78, 5) is 23.0. The molecule has 1 amide bonds. The zero-order valence-corrected chi connectivity index (χ0v) is 21.2. The lowest BCUT2D eigenvalue weighted by Crippen LogP contribution is -2.19. The highest BCUT2D eigenvalue weighted by atomic mass is 35.5. The molecule has 0 saturated carbocycles. The lowest BCUT2D eigenvalue weighted by molar-refractivity contribution is -0.385. The van der Waals surface area contributed by atoms with E-state index >= 15 is 0 Å². The van der Waals surface area contributed by atoms with Crippen LogP contribution in [0, 0.1) is 17.0 Å². The standard InChI is InChI=1S/C26H21ClN6O3S/c1-18-8-14-22(15-9-18)32-25(20-10-12-21(27)13-11-20)30-31-26(32)37-17-24(34)29-28-16-4-6-19-5-2-3-7-23(19)33(35)36/h2-16H,17H2,1H3,(H,29,34)/b6-4+,28-16-. The molecular formula is C26H21ClN6O3S. The third-order valence-corrected chi connectivity index (χ3v) is 6.30. The van der Waals surface area contributed by atoms with Crippen LogP contribution in [-0.2, 0) is 4.79 Å². The van der Waals surface area contributed by atoms with Crippen molar-refractivity contribution in [3.8, 4) is 17.1 Å². The van der Waals surface area contributed by atoms with E-state index in [-0.39, 0.29) is 17.3 Å². The molecule has 0 bridgehead atoms. The molecule has 1 heterocycles. The molecule has 4 aromatic rings. The summed E-state index contributed by atoms with van der Waals surface area (Å²) in [6, 6.07) is 21.6. The summed E-state index contributed by atoms with van der Waals surface area (Å²) in [6.45, 7) is 2.01. The van der Waals surface area contributed by atoms with Gasteiger partial charge in [0, 0.05) is 28.6 Å². The van der Waals surface area contributed by atoms with Crippen molar-refractivity contribution in [1.82, 2.24) is 20.2 Å². The third-order valence-electron chi connectivity index (χ3n) is 5.12. The first-order chi connectivity index (χ1) is 17.9. The molecule has 0 atom stereocenters.